The lowest BCUT2D eigenvalue weighted by molar-refractivity contribution is -0.125. The lowest BCUT2D eigenvalue weighted by Crippen LogP contribution is -2.55. The number of piperazine rings is 1. The summed E-state index contributed by atoms with van der Waals surface area (Å²) in [6.07, 6.45) is 0. The van der Waals surface area contributed by atoms with Crippen LogP contribution >= 0.6 is 11.6 Å². The van der Waals surface area contributed by atoms with Crippen LogP contribution in [0.25, 0.3) is 0 Å². The van der Waals surface area contributed by atoms with Crippen LogP contribution in [0.15, 0.2) is 48.5 Å². The molecule has 120 valence electrons. The first kappa shape index (κ1) is 16.0. The average Bonchev–Trinajstić information content (AvgIpc) is 2.56. The minimum absolute atomic E-state index is 0.132. The molecule has 2 aromatic rings. The molecule has 2 aromatic carbocycles. The summed E-state index contributed by atoms with van der Waals surface area (Å²) < 4.78 is 0. The molecule has 1 fully saturated rings. The number of amides is 1. The molecular weight excluding hydrogens is 308 g/mol. The van der Waals surface area contributed by atoms with Crippen molar-refractivity contribution in [1.82, 2.24) is 4.90 Å². The van der Waals surface area contributed by atoms with E-state index in [-0.39, 0.29) is 11.9 Å². The molecule has 3 rings (SSSR count). The van der Waals surface area contributed by atoms with Crippen LogP contribution in [0, 0.1) is 6.92 Å². The Morgan fingerprint density at radius 3 is 2.57 bits per heavy atom. The van der Waals surface area contributed by atoms with Crippen molar-refractivity contribution in [3.05, 3.63) is 64.7 Å². The molecule has 1 aliphatic heterocycles. The molecule has 1 heterocycles. The van der Waals surface area contributed by atoms with Crippen molar-refractivity contribution in [2.75, 3.05) is 18.0 Å². The number of aryl methyl sites for hydroxylation is 1. The molecule has 0 bridgehead atoms. The molecular formula is C19H21ClN2O. The molecule has 0 saturated carbocycles. The van der Waals surface area contributed by atoms with E-state index in [1.165, 1.54) is 5.56 Å². The van der Waals surface area contributed by atoms with E-state index in [4.69, 9.17) is 11.6 Å². The Morgan fingerprint density at radius 2 is 1.87 bits per heavy atom. The Morgan fingerprint density at radius 1 is 1.13 bits per heavy atom. The standard InChI is InChI=1S/C19H21ClN2O/c1-14-8-9-17(12-18(14)20)22-11-10-21(15(2)19(22)23)13-16-6-4-3-5-7-16/h3-9,12,15H,10-11,13H2,1-2H3/t15-/m0/s1. The van der Waals surface area contributed by atoms with E-state index >= 15 is 0 Å². The molecule has 4 heteroatoms. The van der Waals surface area contributed by atoms with Crippen LogP contribution in [0.2, 0.25) is 5.02 Å². The third-order valence-electron chi connectivity index (χ3n) is 4.48. The van der Waals surface area contributed by atoms with Gasteiger partial charge in [0.05, 0.1) is 6.04 Å². The van der Waals surface area contributed by atoms with E-state index in [1.54, 1.807) is 0 Å². The largest absolute Gasteiger partial charge is 0.310 e. The van der Waals surface area contributed by atoms with Crippen molar-refractivity contribution in [1.29, 1.82) is 0 Å². The Bertz CT molecular complexity index is 702. The molecule has 0 N–H and O–H groups in total. The third kappa shape index (κ3) is 3.41. The number of carbonyl (C=O) groups excluding carboxylic acids is 1. The van der Waals surface area contributed by atoms with Gasteiger partial charge in [0.1, 0.15) is 0 Å². The van der Waals surface area contributed by atoms with E-state index < -0.39 is 0 Å². The van der Waals surface area contributed by atoms with Crippen molar-refractivity contribution >= 4 is 23.2 Å². The van der Waals surface area contributed by atoms with Gasteiger partial charge in [-0.3, -0.25) is 9.69 Å². The van der Waals surface area contributed by atoms with Crippen LogP contribution in [0.3, 0.4) is 0 Å². The summed E-state index contributed by atoms with van der Waals surface area (Å²) in [5.74, 6) is 0.132. The monoisotopic (exact) mass is 328 g/mol. The molecule has 0 aliphatic carbocycles. The van der Waals surface area contributed by atoms with Crippen molar-refractivity contribution < 1.29 is 4.79 Å². The number of benzene rings is 2. The SMILES string of the molecule is Cc1ccc(N2CCN(Cc3ccccc3)[C@@H](C)C2=O)cc1Cl. The van der Waals surface area contributed by atoms with E-state index in [1.807, 2.05) is 55.1 Å². The van der Waals surface area contributed by atoms with Gasteiger partial charge in [0.15, 0.2) is 0 Å². The zero-order valence-electron chi connectivity index (χ0n) is 13.5. The second-order valence-corrected chi connectivity index (χ2v) is 6.46. The number of rotatable bonds is 3. The summed E-state index contributed by atoms with van der Waals surface area (Å²) in [5.41, 5.74) is 3.15. The quantitative estimate of drug-likeness (QED) is 0.853. The Labute approximate surface area is 142 Å². The van der Waals surface area contributed by atoms with Gasteiger partial charge in [0, 0.05) is 30.3 Å². The predicted octanol–water partition coefficient (Wildman–Crippen LogP) is 3.89. The summed E-state index contributed by atoms with van der Waals surface area (Å²) in [6, 6.07) is 16.0. The van der Waals surface area contributed by atoms with Gasteiger partial charge >= 0.3 is 0 Å². The van der Waals surface area contributed by atoms with Crippen LogP contribution < -0.4 is 4.90 Å². The maximum absolute atomic E-state index is 12.8. The van der Waals surface area contributed by atoms with Gasteiger partial charge in [-0.25, -0.2) is 0 Å². The molecule has 23 heavy (non-hydrogen) atoms. The number of hydrogen-bond acceptors (Lipinski definition) is 2. The van der Waals surface area contributed by atoms with Crippen LogP contribution in [-0.4, -0.2) is 29.9 Å². The molecule has 0 aromatic heterocycles. The Balaban J connectivity index is 1.74. The molecule has 1 saturated heterocycles. The van der Waals surface area contributed by atoms with Crippen molar-refractivity contribution in [3.63, 3.8) is 0 Å². The summed E-state index contributed by atoms with van der Waals surface area (Å²) in [5, 5.41) is 0.703. The molecule has 1 aliphatic rings. The number of carbonyl (C=O) groups is 1. The van der Waals surface area contributed by atoms with E-state index in [9.17, 15) is 4.79 Å². The highest BCUT2D eigenvalue weighted by Crippen LogP contribution is 2.26. The lowest BCUT2D eigenvalue weighted by atomic mass is 10.1. The Hall–Kier alpha value is -1.84. The first-order valence-electron chi connectivity index (χ1n) is 7.92. The summed E-state index contributed by atoms with van der Waals surface area (Å²) in [7, 11) is 0. The van der Waals surface area contributed by atoms with Gasteiger partial charge in [0.25, 0.3) is 0 Å². The molecule has 0 spiro atoms. The summed E-state index contributed by atoms with van der Waals surface area (Å²) in [6.45, 7) is 6.29. The lowest BCUT2D eigenvalue weighted by Gasteiger charge is -2.39. The number of anilines is 1. The predicted molar refractivity (Wildman–Crippen MR) is 94.9 cm³/mol. The van der Waals surface area contributed by atoms with Crippen LogP contribution in [0.4, 0.5) is 5.69 Å². The highest BCUT2D eigenvalue weighted by molar-refractivity contribution is 6.31. The van der Waals surface area contributed by atoms with Crippen molar-refractivity contribution in [3.8, 4) is 0 Å². The van der Waals surface area contributed by atoms with Gasteiger partial charge < -0.3 is 4.90 Å². The molecule has 1 amide bonds. The molecule has 1 atom stereocenters. The van der Waals surface area contributed by atoms with E-state index in [2.05, 4.69) is 17.0 Å². The van der Waals surface area contributed by atoms with Crippen LogP contribution in [0.1, 0.15) is 18.1 Å². The number of hydrogen-bond donors (Lipinski definition) is 0. The molecule has 0 unspecified atom stereocenters. The van der Waals surface area contributed by atoms with Gasteiger partial charge in [-0.15, -0.1) is 0 Å². The highest BCUT2D eigenvalue weighted by Gasteiger charge is 2.32. The smallest absolute Gasteiger partial charge is 0.244 e. The fraction of sp³-hybridized carbons (Fsp3) is 0.316. The topological polar surface area (TPSA) is 23.6 Å². The van der Waals surface area contributed by atoms with Crippen LogP contribution in [-0.2, 0) is 11.3 Å². The van der Waals surface area contributed by atoms with Gasteiger partial charge in [-0.05, 0) is 37.1 Å². The summed E-state index contributed by atoms with van der Waals surface area (Å²) >= 11 is 6.20. The zero-order chi connectivity index (χ0) is 16.4. The van der Waals surface area contributed by atoms with Crippen molar-refractivity contribution in [2.24, 2.45) is 0 Å². The summed E-state index contributed by atoms with van der Waals surface area (Å²) in [4.78, 5) is 16.8. The maximum Gasteiger partial charge on any atom is 0.244 e. The maximum atomic E-state index is 12.8. The molecule has 3 nitrogen and oxygen atoms in total. The fourth-order valence-corrected chi connectivity index (χ4v) is 3.13. The molecule has 0 radical (unpaired) electrons. The minimum Gasteiger partial charge on any atom is -0.310 e. The van der Waals surface area contributed by atoms with Crippen LogP contribution in [0.5, 0.6) is 0 Å². The average molecular weight is 329 g/mol. The number of halogens is 1. The fourth-order valence-electron chi connectivity index (χ4n) is 2.95. The van der Waals surface area contributed by atoms with E-state index in [0.717, 1.165) is 24.3 Å². The van der Waals surface area contributed by atoms with E-state index in [0.29, 0.717) is 11.6 Å². The zero-order valence-corrected chi connectivity index (χ0v) is 14.3. The second-order valence-electron chi connectivity index (χ2n) is 6.06. The third-order valence-corrected chi connectivity index (χ3v) is 4.88. The first-order valence-corrected chi connectivity index (χ1v) is 8.29. The first-order chi connectivity index (χ1) is 11.1. The van der Waals surface area contributed by atoms with Gasteiger partial charge in [0.2, 0.25) is 5.91 Å². The minimum atomic E-state index is -0.135. The van der Waals surface area contributed by atoms with Gasteiger partial charge in [-0.1, -0.05) is 48.0 Å². The number of nitrogens with zero attached hydrogens (tertiary/aromatic N) is 2. The van der Waals surface area contributed by atoms with Crippen molar-refractivity contribution in [2.45, 2.75) is 26.4 Å². The van der Waals surface area contributed by atoms with Gasteiger partial charge in [-0.2, -0.15) is 0 Å². The Kier molecular flexibility index (Phi) is 4.69. The second kappa shape index (κ2) is 6.73. The highest BCUT2D eigenvalue weighted by atomic mass is 35.5. The normalized spacial score (nSPS) is 19.2.